The van der Waals surface area contributed by atoms with E-state index in [1.54, 1.807) is 0 Å². The van der Waals surface area contributed by atoms with E-state index in [2.05, 4.69) is 0 Å². The second-order valence-electron chi connectivity index (χ2n) is 8.25. The zero-order chi connectivity index (χ0) is 22.2. The summed E-state index contributed by atoms with van der Waals surface area (Å²) < 4.78 is 18.8. The molecule has 32 heavy (non-hydrogen) atoms. The van der Waals surface area contributed by atoms with Crippen LogP contribution in [0.4, 0.5) is 0 Å². The van der Waals surface area contributed by atoms with Crippen molar-refractivity contribution in [2.24, 2.45) is 5.73 Å². The van der Waals surface area contributed by atoms with Crippen molar-refractivity contribution < 1.29 is 19.3 Å². The molecule has 0 spiro atoms. The number of hydrogen-bond acceptors (Lipinski definition) is 5. The lowest BCUT2D eigenvalue weighted by molar-refractivity contribution is -0.206. The number of ether oxygens (including phenoxy) is 3. The zero-order valence-electron chi connectivity index (χ0n) is 18.1. The minimum absolute atomic E-state index is 0.355. The Labute approximate surface area is 189 Å². The number of aliphatic hydroxyl groups is 1. The molecule has 0 amide bonds. The van der Waals surface area contributed by atoms with Gasteiger partial charge < -0.3 is 25.1 Å². The van der Waals surface area contributed by atoms with Gasteiger partial charge in [-0.2, -0.15) is 0 Å². The van der Waals surface area contributed by atoms with Gasteiger partial charge in [-0.25, -0.2) is 0 Å². The summed E-state index contributed by atoms with van der Waals surface area (Å²) in [5.74, 6) is 0. The first kappa shape index (κ1) is 22.6. The average Bonchev–Trinajstić information content (AvgIpc) is 2.83. The molecule has 5 atom stereocenters. The van der Waals surface area contributed by atoms with Gasteiger partial charge in [0.15, 0.2) is 0 Å². The van der Waals surface area contributed by atoms with Gasteiger partial charge in [0, 0.05) is 6.04 Å². The fourth-order valence-electron chi connectivity index (χ4n) is 4.11. The van der Waals surface area contributed by atoms with Crippen molar-refractivity contribution in [3.63, 3.8) is 0 Å². The average molecular weight is 434 g/mol. The number of nitrogens with two attached hydrogens (primary N) is 1. The molecule has 3 aromatic carbocycles. The summed E-state index contributed by atoms with van der Waals surface area (Å²) in [6.45, 7) is 1.20. The van der Waals surface area contributed by atoms with Crippen LogP contribution in [0.1, 0.15) is 23.1 Å². The molecule has 1 saturated carbocycles. The third kappa shape index (κ3) is 6.03. The van der Waals surface area contributed by atoms with Gasteiger partial charge in [-0.05, 0) is 23.1 Å². The van der Waals surface area contributed by atoms with E-state index in [-0.39, 0.29) is 6.04 Å². The zero-order valence-corrected chi connectivity index (χ0v) is 18.1. The third-order valence-electron chi connectivity index (χ3n) is 5.82. The first-order chi connectivity index (χ1) is 15.7. The maximum Gasteiger partial charge on any atom is 0.114 e. The number of benzene rings is 3. The Bertz CT molecular complexity index is 867. The third-order valence-corrected chi connectivity index (χ3v) is 5.82. The topological polar surface area (TPSA) is 73.9 Å². The Morgan fingerprint density at radius 3 is 1.41 bits per heavy atom. The molecule has 3 N–H and O–H groups in total. The first-order valence-electron chi connectivity index (χ1n) is 11.1. The Morgan fingerprint density at radius 2 is 0.969 bits per heavy atom. The van der Waals surface area contributed by atoms with Gasteiger partial charge in [-0.15, -0.1) is 0 Å². The maximum atomic E-state index is 10.8. The minimum atomic E-state index is -0.730. The molecule has 168 valence electrons. The molecule has 0 aliphatic heterocycles. The molecule has 0 unspecified atom stereocenters. The highest BCUT2D eigenvalue weighted by Gasteiger charge is 2.45. The summed E-state index contributed by atoms with van der Waals surface area (Å²) >= 11 is 0. The van der Waals surface area contributed by atoms with Crippen molar-refractivity contribution >= 4 is 0 Å². The highest BCUT2D eigenvalue weighted by molar-refractivity contribution is 5.16. The van der Waals surface area contributed by atoms with Crippen molar-refractivity contribution in [3.8, 4) is 0 Å². The minimum Gasteiger partial charge on any atom is -0.390 e. The van der Waals surface area contributed by atoms with E-state index in [1.807, 2.05) is 91.0 Å². The van der Waals surface area contributed by atoms with Crippen molar-refractivity contribution in [1.29, 1.82) is 0 Å². The molecule has 1 fully saturated rings. The fourth-order valence-corrected chi connectivity index (χ4v) is 4.11. The fraction of sp³-hybridized carbons (Fsp3) is 0.333. The molecule has 5 nitrogen and oxygen atoms in total. The summed E-state index contributed by atoms with van der Waals surface area (Å²) in [5.41, 5.74) is 9.59. The van der Waals surface area contributed by atoms with Crippen molar-refractivity contribution in [3.05, 3.63) is 108 Å². The van der Waals surface area contributed by atoms with E-state index in [0.29, 0.717) is 26.2 Å². The van der Waals surface area contributed by atoms with E-state index in [1.165, 1.54) is 0 Å². The normalized spacial score (nSPS) is 25.5. The van der Waals surface area contributed by atoms with Crippen LogP contribution in [0.15, 0.2) is 91.0 Å². The first-order valence-corrected chi connectivity index (χ1v) is 11.1. The molecule has 0 saturated heterocycles. The summed E-state index contributed by atoms with van der Waals surface area (Å²) in [5, 5.41) is 10.8. The summed E-state index contributed by atoms with van der Waals surface area (Å²) in [6, 6.07) is 29.5. The van der Waals surface area contributed by atoms with Crippen LogP contribution >= 0.6 is 0 Å². The van der Waals surface area contributed by atoms with E-state index < -0.39 is 24.4 Å². The Hall–Kier alpha value is -2.54. The van der Waals surface area contributed by atoms with Crippen LogP contribution in [0.2, 0.25) is 0 Å². The van der Waals surface area contributed by atoms with Gasteiger partial charge in [0.2, 0.25) is 0 Å². The molecule has 0 radical (unpaired) electrons. The van der Waals surface area contributed by atoms with Crippen LogP contribution in [0, 0.1) is 0 Å². The lowest BCUT2D eigenvalue weighted by Gasteiger charge is -2.43. The monoisotopic (exact) mass is 433 g/mol. The largest absolute Gasteiger partial charge is 0.390 e. The standard InChI is InChI=1S/C27H31NO4/c28-23-16-24(29)26(31-18-21-12-6-2-7-13-21)27(32-19-22-14-8-3-9-15-22)25(23)30-17-20-10-4-1-5-11-20/h1-15,23-27,29H,16-19,28H2/t23-,24+,25+,26-,27-/m0/s1. The van der Waals surface area contributed by atoms with E-state index in [9.17, 15) is 5.11 Å². The van der Waals surface area contributed by atoms with Gasteiger partial charge in [-0.1, -0.05) is 91.0 Å². The van der Waals surface area contributed by atoms with Crippen molar-refractivity contribution in [2.45, 2.75) is 56.7 Å². The molecule has 0 aromatic heterocycles. The predicted octanol–water partition coefficient (Wildman–Crippen LogP) is 3.83. The highest BCUT2D eigenvalue weighted by atomic mass is 16.6. The van der Waals surface area contributed by atoms with Gasteiger partial charge in [0.05, 0.1) is 25.9 Å². The van der Waals surface area contributed by atoms with E-state index >= 15 is 0 Å². The van der Waals surface area contributed by atoms with Crippen LogP contribution in [0.25, 0.3) is 0 Å². The van der Waals surface area contributed by atoms with Gasteiger partial charge >= 0.3 is 0 Å². The second kappa shape index (κ2) is 11.4. The highest BCUT2D eigenvalue weighted by Crippen LogP contribution is 2.29. The molecule has 3 aromatic rings. The lowest BCUT2D eigenvalue weighted by atomic mass is 9.85. The smallest absolute Gasteiger partial charge is 0.114 e. The molecule has 1 aliphatic rings. The van der Waals surface area contributed by atoms with Gasteiger partial charge in [-0.3, -0.25) is 0 Å². The van der Waals surface area contributed by atoms with Crippen LogP contribution in [-0.4, -0.2) is 35.6 Å². The van der Waals surface area contributed by atoms with Crippen molar-refractivity contribution in [1.82, 2.24) is 0 Å². The van der Waals surface area contributed by atoms with E-state index in [4.69, 9.17) is 19.9 Å². The molecule has 4 rings (SSSR count). The summed E-state index contributed by atoms with van der Waals surface area (Å²) in [6.07, 6.45) is -1.78. The summed E-state index contributed by atoms with van der Waals surface area (Å²) in [4.78, 5) is 0. The lowest BCUT2D eigenvalue weighted by Crippen LogP contribution is -2.61. The molecule has 1 aliphatic carbocycles. The van der Waals surface area contributed by atoms with Crippen LogP contribution in [0.3, 0.4) is 0 Å². The second-order valence-corrected chi connectivity index (χ2v) is 8.25. The Balaban J connectivity index is 1.50. The SMILES string of the molecule is N[C@H]1C[C@@H](O)[C@H](OCc2ccccc2)[C@@H](OCc2ccccc2)[C@@H]1OCc1ccccc1. The number of aliphatic hydroxyl groups excluding tert-OH is 1. The van der Waals surface area contributed by atoms with Gasteiger partial charge in [0.25, 0.3) is 0 Å². The predicted molar refractivity (Wildman–Crippen MR) is 124 cm³/mol. The van der Waals surface area contributed by atoms with Crippen molar-refractivity contribution in [2.75, 3.05) is 0 Å². The molecule has 5 heteroatoms. The van der Waals surface area contributed by atoms with E-state index in [0.717, 1.165) is 16.7 Å². The number of hydrogen-bond donors (Lipinski definition) is 2. The Morgan fingerprint density at radius 1 is 0.594 bits per heavy atom. The van der Waals surface area contributed by atoms with Crippen LogP contribution in [-0.2, 0) is 34.0 Å². The molecular formula is C27H31NO4. The molecular weight excluding hydrogens is 402 g/mol. The summed E-state index contributed by atoms with van der Waals surface area (Å²) in [7, 11) is 0. The number of rotatable bonds is 9. The molecule has 0 heterocycles. The maximum absolute atomic E-state index is 10.8. The quantitative estimate of drug-likeness (QED) is 0.536. The van der Waals surface area contributed by atoms with Gasteiger partial charge in [0.1, 0.15) is 18.3 Å². The Kier molecular flexibility index (Phi) is 8.04. The molecule has 0 bridgehead atoms. The van der Waals surface area contributed by atoms with Crippen LogP contribution < -0.4 is 5.73 Å². The van der Waals surface area contributed by atoms with Crippen LogP contribution in [0.5, 0.6) is 0 Å².